The van der Waals surface area contributed by atoms with E-state index in [4.69, 9.17) is 9.15 Å². The molecule has 0 aliphatic heterocycles. The van der Waals surface area contributed by atoms with Crippen LogP contribution in [0.5, 0.6) is 5.75 Å². The fraction of sp³-hybridized carbons (Fsp3) is 0.316. The summed E-state index contributed by atoms with van der Waals surface area (Å²) in [6, 6.07) is 8.25. The predicted octanol–water partition coefficient (Wildman–Crippen LogP) is 3.78. The minimum atomic E-state index is 0.841. The molecule has 3 rings (SSSR count). The fourth-order valence-electron chi connectivity index (χ4n) is 2.99. The van der Waals surface area contributed by atoms with Crippen LogP contribution in [0.3, 0.4) is 0 Å². The highest BCUT2D eigenvalue weighted by atomic mass is 16.5. The van der Waals surface area contributed by atoms with E-state index in [9.17, 15) is 0 Å². The van der Waals surface area contributed by atoms with Gasteiger partial charge in [-0.25, -0.2) is 4.57 Å². The van der Waals surface area contributed by atoms with E-state index in [-0.39, 0.29) is 0 Å². The molecule has 0 radical (unpaired) electrons. The summed E-state index contributed by atoms with van der Waals surface area (Å²) < 4.78 is 13.5. The minimum absolute atomic E-state index is 0.841. The van der Waals surface area contributed by atoms with Crippen LogP contribution >= 0.6 is 0 Å². The first-order valence-corrected chi connectivity index (χ1v) is 7.98. The van der Waals surface area contributed by atoms with Gasteiger partial charge in [0.1, 0.15) is 24.8 Å². The van der Waals surface area contributed by atoms with Gasteiger partial charge in [0.05, 0.1) is 12.5 Å². The van der Waals surface area contributed by atoms with E-state index in [0.717, 1.165) is 40.9 Å². The summed E-state index contributed by atoms with van der Waals surface area (Å²) in [5.41, 5.74) is 2.23. The van der Waals surface area contributed by atoms with Crippen LogP contribution < -0.4 is 14.2 Å². The van der Waals surface area contributed by atoms with Crippen molar-refractivity contribution in [3.05, 3.63) is 42.9 Å². The van der Waals surface area contributed by atoms with Crippen LogP contribution in [0.4, 0.5) is 5.69 Å². The molecule has 0 unspecified atom stereocenters. The second kappa shape index (κ2) is 6.32. The zero-order valence-corrected chi connectivity index (χ0v) is 14.2. The molecule has 0 spiro atoms. The molecule has 0 bridgehead atoms. The van der Waals surface area contributed by atoms with Crippen LogP contribution in [0.25, 0.3) is 22.1 Å². The second-order valence-electron chi connectivity index (χ2n) is 5.57. The van der Waals surface area contributed by atoms with Crippen LogP contribution in [0.2, 0.25) is 0 Å². The number of anilines is 1. The number of fused-ring (bicyclic) bond motifs is 1. The summed E-state index contributed by atoms with van der Waals surface area (Å²) >= 11 is 0. The summed E-state index contributed by atoms with van der Waals surface area (Å²) in [6.45, 7) is 6.24. The van der Waals surface area contributed by atoms with Crippen molar-refractivity contribution in [2.24, 2.45) is 7.05 Å². The van der Waals surface area contributed by atoms with E-state index in [0.29, 0.717) is 0 Å². The molecule has 0 N–H and O–H groups in total. The molecule has 1 aromatic carbocycles. The van der Waals surface area contributed by atoms with Gasteiger partial charge in [-0.05, 0) is 26.0 Å². The number of methoxy groups -OCH3 is 1. The number of pyridine rings is 1. The van der Waals surface area contributed by atoms with Crippen molar-refractivity contribution in [1.82, 2.24) is 0 Å². The lowest BCUT2D eigenvalue weighted by Gasteiger charge is -2.22. The summed E-state index contributed by atoms with van der Waals surface area (Å²) in [6.07, 6.45) is 5.88. The third-order valence-electron chi connectivity index (χ3n) is 4.27. The molecule has 2 heterocycles. The van der Waals surface area contributed by atoms with Crippen LogP contribution in [-0.2, 0) is 7.05 Å². The average Bonchev–Trinajstić information content (AvgIpc) is 3.02. The average molecular weight is 311 g/mol. The van der Waals surface area contributed by atoms with Crippen molar-refractivity contribution >= 4 is 16.5 Å². The maximum absolute atomic E-state index is 5.95. The van der Waals surface area contributed by atoms with E-state index in [1.807, 2.05) is 36.3 Å². The molecule has 120 valence electrons. The first kappa shape index (κ1) is 15.4. The van der Waals surface area contributed by atoms with E-state index in [1.54, 1.807) is 7.11 Å². The second-order valence-corrected chi connectivity index (χ2v) is 5.57. The van der Waals surface area contributed by atoms with Crippen molar-refractivity contribution in [3.8, 4) is 17.1 Å². The molecule has 4 nitrogen and oxygen atoms in total. The van der Waals surface area contributed by atoms with Gasteiger partial charge >= 0.3 is 0 Å². The van der Waals surface area contributed by atoms with Crippen molar-refractivity contribution in [2.45, 2.75) is 13.8 Å². The Balaban J connectivity index is 2.24. The van der Waals surface area contributed by atoms with Gasteiger partial charge in [0.2, 0.25) is 0 Å². The molecule has 3 aromatic rings. The highest BCUT2D eigenvalue weighted by Crippen LogP contribution is 2.41. The number of nitrogens with zero attached hydrogens (tertiary/aromatic N) is 2. The first-order valence-electron chi connectivity index (χ1n) is 7.98. The van der Waals surface area contributed by atoms with Crippen molar-refractivity contribution in [2.75, 3.05) is 25.1 Å². The molecule has 2 aromatic heterocycles. The van der Waals surface area contributed by atoms with E-state index < -0.39 is 0 Å². The molecule has 0 fully saturated rings. The Morgan fingerprint density at radius 3 is 2.39 bits per heavy atom. The number of aryl methyl sites for hydroxylation is 1. The Labute approximate surface area is 136 Å². The Bertz CT molecular complexity index is 802. The molecular formula is C19H23N2O2+. The van der Waals surface area contributed by atoms with E-state index in [1.165, 1.54) is 5.69 Å². The zero-order chi connectivity index (χ0) is 16.4. The number of hydrogen-bond donors (Lipinski definition) is 0. The van der Waals surface area contributed by atoms with Crippen LogP contribution in [0.1, 0.15) is 13.8 Å². The molecular weight excluding hydrogens is 288 g/mol. The SMILES string of the molecule is CCN(CC)c1ccc(OC)c2c(-c3cc[n+](C)cc3)occ12. The quantitative estimate of drug-likeness (QED) is 0.672. The fourth-order valence-corrected chi connectivity index (χ4v) is 2.99. The van der Waals surface area contributed by atoms with Gasteiger partial charge in [-0.1, -0.05) is 0 Å². The van der Waals surface area contributed by atoms with Crippen molar-refractivity contribution < 1.29 is 13.7 Å². The standard InChI is InChI=1S/C19H23N2O2/c1-5-21(6-2)16-7-8-17(22-4)18-15(16)13-23-19(18)14-9-11-20(3)12-10-14/h7-13H,5-6H2,1-4H3/q+1. The number of aromatic nitrogens is 1. The zero-order valence-electron chi connectivity index (χ0n) is 14.2. The van der Waals surface area contributed by atoms with E-state index >= 15 is 0 Å². The summed E-state index contributed by atoms with van der Waals surface area (Å²) in [5, 5.41) is 2.13. The number of ether oxygens (including phenoxy) is 1. The molecule has 23 heavy (non-hydrogen) atoms. The predicted molar refractivity (Wildman–Crippen MR) is 92.9 cm³/mol. The smallest absolute Gasteiger partial charge is 0.169 e. The largest absolute Gasteiger partial charge is 0.496 e. The van der Waals surface area contributed by atoms with Crippen LogP contribution in [0.15, 0.2) is 47.3 Å². The van der Waals surface area contributed by atoms with Gasteiger partial charge in [0.15, 0.2) is 12.4 Å². The van der Waals surface area contributed by atoms with Gasteiger partial charge in [-0.15, -0.1) is 0 Å². The number of benzene rings is 1. The number of furan rings is 1. The normalized spacial score (nSPS) is 11.0. The molecule has 0 atom stereocenters. The van der Waals surface area contributed by atoms with Crippen molar-refractivity contribution in [3.63, 3.8) is 0 Å². The summed E-state index contributed by atoms with van der Waals surface area (Å²) in [7, 11) is 3.71. The Morgan fingerprint density at radius 2 is 1.78 bits per heavy atom. The lowest BCUT2D eigenvalue weighted by Crippen LogP contribution is -2.25. The highest BCUT2D eigenvalue weighted by molar-refractivity contribution is 6.05. The topological polar surface area (TPSA) is 29.5 Å². The highest BCUT2D eigenvalue weighted by Gasteiger charge is 2.19. The summed E-state index contributed by atoms with van der Waals surface area (Å²) in [5.74, 6) is 1.69. The molecule has 0 saturated carbocycles. The van der Waals surface area contributed by atoms with Gasteiger partial charge in [0, 0.05) is 41.9 Å². The maximum atomic E-state index is 5.95. The monoisotopic (exact) mass is 311 g/mol. The summed E-state index contributed by atoms with van der Waals surface area (Å²) in [4.78, 5) is 2.33. The molecule has 4 heteroatoms. The number of hydrogen-bond acceptors (Lipinski definition) is 3. The lowest BCUT2D eigenvalue weighted by molar-refractivity contribution is -0.671. The first-order chi connectivity index (χ1) is 11.2. The van der Waals surface area contributed by atoms with Gasteiger partial charge < -0.3 is 14.1 Å². The Hall–Kier alpha value is -2.49. The van der Waals surface area contributed by atoms with Gasteiger partial charge in [0.25, 0.3) is 0 Å². The van der Waals surface area contributed by atoms with Gasteiger partial charge in [-0.3, -0.25) is 0 Å². The van der Waals surface area contributed by atoms with Crippen LogP contribution in [-0.4, -0.2) is 20.2 Å². The molecule has 0 aliphatic carbocycles. The lowest BCUT2D eigenvalue weighted by atomic mass is 10.1. The van der Waals surface area contributed by atoms with E-state index in [2.05, 4.69) is 36.9 Å². The molecule has 0 saturated heterocycles. The van der Waals surface area contributed by atoms with Crippen LogP contribution in [0, 0.1) is 0 Å². The van der Waals surface area contributed by atoms with Gasteiger partial charge in [-0.2, -0.15) is 0 Å². The molecule has 0 aliphatic rings. The minimum Gasteiger partial charge on any atom is -0.496 e. The third kappa shape index (κ3) is 2.65. The Morgan fingerprint density at radius 1 is 1.09 bits per heavy atom. The van der Waals surface area contributed by atoms with Crippen molar-refractivity contribution in [1.29, 1.82) is 0 Å². The third-order valence-corrected chi connectivity index (χ3v) is 4.27. The maximum Gasteiger partial charge on any atom is 0.169 e. The number of rotatable bonds is 5. The Kier molecular flexibility index (Phi) is 4.24. The molecule has 0 amide bonds.